The van der Waals surface area contributed by atoms with E-state index in [0.717, 1.165) is 38.5 Å². The van der Waals surface area contributed by atoms with Crippen LogP contribution in [-0.4, -0.2) is 47.4 Å². The van der Waals surface area contributed by atoms with E-state index >= 15 is 0 Å². The molecule has 0 spiro atoms. The van der Waals surface area contributed by atoms with Crippen LogP contribution in [0.2, 0.25) is 0 Å². The van der Waals surface area contributed by atoms with Crippen molar-refractivity contribution in [3.05, 3.63) is 12.2 Å². The predicted octanol–water partition coefficient (Wildman–Crippen LogP) is 18.9. The average Bonchev–Trinajstić information content (AvgIpc) is 3.33. The van der Waals surface area contributed by atoms with E-state index < -0.39 is 12.1 Å². The Hall–Kier alpha value is -1.40. The molecule has 0 heterocycles. The monoisotopic (exact) mass is 946 g/mol. The lowest BCUT2D eigenvalue weighted by Gasteiger charge is -2.20. The third-order valence-corrected chi connectivity index (χ3v) is 14.3. The molecule has 0 aliphatic heterocycles. The van der Waals surface area contributed by atoms with E-state index in [1.165, 1.54) is 276 Å². The Kier molecular flexibility index (Phi) is 56.0. The smallest absolute Gasteiger partial charge is 0.305 e. The highest BCUT2D eigenvalue weighted by Gasteiger charge is 2.18. The second-order valence-electron chi connectivity index (χ2n) is 21.0. The number of unbranched alkanes of at least 4 members (excludes halogenated alkanes) is 46. The number of amides is 1. The van der Waals surface area contributed by atoms with Gasteiger partial charge in [-0.05, 0) is 32.1 Å². The molecule has 0 saturated carbocycles. The number of rotatable bonds is 57. The van der Waals surface area contributed by atoms with Crippen molar-refractivity contribution >= 4 is 11.9 Å². The van der Waals surface area contributed by atoms with Crippen molar-refractivity contribution in [2.24, 2.45) is 0 Å². The van der Waals surface area contributed by atoms with Crippen LogP contribution in [0.4, 0.5) is 0 Å². The average molecular weight is 947 g/mol. The second kappa shape index (κ2) is 57.2. The first kappa shape index (κ1) is 65.6. The van der Waals surface area contributed by atoms with Crippen LogP contribution >= 0.6 is 0 Å². The maximum absolute atomic E-state index is 12.4. The minimum atomic E-state index is -0.842. The molecule has 6 nitrogen and oxygen atoms in total. The van der Waals surface area contributed by atoms with Gasteiger partial charge in [-0.15, -0.1) is 0 Å². The van der Waals surface area contributed by atoms with Crippen molar-refractivity contribution in [2.75, 3.05) is 13.2 Å². The first-order chi connectivity index (χ1) is 33.0. The van der Waals surface area contributed by atoms with Crippen LogP contribution in [0.15, 0.2) is 12.2 Å². The van der Waals surface area contributed by atoms with Gasteiger partial charge < -0.3 is 20.3 Å². The summed E-state index contributed by atoms with van der Waals surface area (Å²) >= 11 is 0. The van der Waals surface area contributed by atoms with Crippen molar-refractivity contribution < 1.29 is 24.5 Å². The highest BCUT2D eigenvalue weighted by Crippen LogP contribution is 2.18. The van der Waals surface area contributed by atoms with Gasteiger partial charge in [0.05, 0.1) is 25.4 Å². The van der Waals surface area contributed by atoms with Gasteiger partial charge in [-0.25, -0.2) is 0 Å². The molecule has 0 aliphatic carbocycles. The molecular weight excluding hydrogens is 827 g/mol. The molecule has 0 saturated heterocycles. The Labute approximate surface area is 419 Å². The van der Waals surface area contributed by atoms with Gasteiger partial charge in [0, 0.05) is 12.8 Å². The zero-order valence-corrected chi connectivity index (χ0v) is 45.4. The number of hydrogen-bond acceptors (Lipinski definition) is 5. The summed E-state index contributed by atoms with van der Waals surface area (Å²) in [6, 6.07) is -0.626. The van der Waals surface area contributed by atoms with E-state index in [4.69, 9.17) is 4.74 Å². The fourth-order valence-electron chi connectivity index (χ4n) is 9.64. The van der Waals surface area contributed by atoms with Crippen molar-refractivity contribution in [1.29, 1.82) is 0 Å². The van der Waals surface area contributed by atoms with Crippen LogP contribution in [0.3, 0.4) is 0 Å². The molecule has 0 bridgehead atoms. The van der Waals surface area contributed by atoms with Crippen molar-refractivity contribution in [3.8, 4) is 0 Å². The molecule has 0 radical (unpaired) electrons. The van der Waals surface area contributed by atoms with Gasteiger partial charge in [0.1, 0.15) is 0 Å². The highest BCUT2D eigenvalue weighted by atomic mass is 16.5. The summed E-state index contributed by atoms with van der Waals surface area (Å²) in [5.41, 5.74) is 0. The Bertz CT molecular complexity index is 1000. The maximum Gasteiger partial charge on any atom is 0.305 e. The zero-order valence-electron chi connectivity index (χ0n) is 45.4. The second-order valence-corrected chi connectivity index (χ2v) is 21.0. The van der Waals surface area contributed by atoms with E-state index in [1.807, 2.05) is 6.08 Å². The molecule has 2 atom stereocenters. The molecule has 0 aromatic carbocycles. The number of carbonyl (C=O) groups excluding carboxylic acids is 2. The summed E-state index contributed by atoms with van der Waals surface area (Å²) in [5, 5.41) is 23.0. The van der Waals surface area contributed by atoms with Crippen LogP contribution in [-0.2, 0) is 14.3 Å². The standard InChI is InChI=1S/C61H119NO5/c1-3-5-7-9-11-13-15-17-18-28-31-35-39-43-47-51-55-61(66)67-56-52-48-44-40-36-32-29-26-24-22-20-19-21-23-25-27-30-34-38-42-46-50-54-60(65)62-58(57-63)59(64)53-49-45-41-37-33-16-14-12-10-8-6-4-2/h49,53,58-59,63-64H,3-48,50-52,54-57H2,1-2H3,(H,62,65)/b53-49+. The number of aliphatic hydroxyl groups is 2. The molecule has 67 heavy (non-hydrogen) atoms. The van der Waals surface area contributed by atoms with Crippen LogP contribution in [0, 0.1) is 0 Å². The van der Waals surface area contributed by atoms with Crippen LogP contribution < -0.4 is 5.32 Å². The summed E-state index contributed by atoms with van der Waals surface area (Å²) in [7, 11) is 0. The number of allylic oxidation sites excluding steroid dienone is 1. The van der Waals surface area contributed by atoms with Crippen LogP contribution in [0.5, 0.6) is 0 Å². The number of esters is 1. The fourth-order valence-corrected chi connectivity index (χ4v) is 9.64. The number of ether oxygens (including phenoxy) is 1. The summed E-state index contributed by atoms with van der Waals surface area (Å²) in [5.74, 6) is -0.0507. The molecule has 0 aromatic rings. The summed E-state index contributed by atoms with van der Waals surface area (Å²) < 4.78 is 5.49. The topological polar surface area (TPSA) is 95.9 Å². The van der Waals surface area contributed by atoms with E-state index in [2.05, 4.69) is 19.2 Å². The Morgan fingerprint density at radius 2 is 0.687 bits per heavy atom. The molecule has 3 N–H and O–H groups in total. The van der Waals surface area contributed by atoms with E-state index in [-0.39, 0.29) is 18.5 Å². The first-order valence-corrected chi connectivity index (χ1v) is 30.5. The van der Waals surface area contributed by atoms with Crippen LogP contribution in [0.1, 0.15) is 341 Å². The largest absolute Gasteiger partial charge is 0.466 e. The van der Waals surface area contributed by atoms with E-state index in [9.17, 15) is 19.8 Å². The molecule has 2 unspecified atom stereocenters. The Balaban J connectivity index is 3.36. The van der Waals surface area contributed by atoms with E-state index in [0.29, 0.717) is 19.4 Å². The van der Waals surface area contributed by atoms with Gasteiger partial charge in [-0.2, -0.15) is 0 Å². The zero-order chi connectivity index (χ0) is 48.6. The van der Waals surface area contributed by atoms with Gasteiger partial charge in [0.25, 0.3) is 0 Å². The van der Waals surface area contributed by atoms with Gasteiger partial charge in [0.2, 0.25) is 5.91 Å². The molecule has 0 aliphatic rings. The number of aliphatic hydroxyl groups excluding tert-OH is 2. The number of carbonyl (C=O) groups is 2. The number of nitrogens with one attached hydrogen (secondary N) is 1. The number of hydrogen-bond donors (Lipinski definition) is 3. The third-order valence-electron chi connectivity index (χ3n) is 14.3. The Morgan fingerprint density at radius 3 is 1.01 bits per heavy atom. The fraction of sp³-hybridized carbons (Fsp3) is 0.934. The molecule has 0 fully saturated rings. The molecule has 6 heteroatoms. The summed E-state index contributed by atoms with van der Waals surface area (Å²) in [6.45, 7) is 4.92. The van der Waals surface area contributed by atoms with Gasteiger partial charge in [0.15, 0.2) is 0 Å². The molecule has 0 aromatic heterocycles. The maximum atomic E-state index is 12.4. The molecule has 1 amide bonds. The van der Waals surface area contributed by atoms with Gasteiger partial charge in [-0.1, -0.05) is 309 Å². The predicted molar refractivity (Wildman–Crippen MR) is 292 cm³/mol. The van der Waals surface area contributed by atoms with Gasteiger partial charge in [-0.3, -0.25) is 9.59 Å². The normalized spacial score (nSPS) is 12.6. The van der Waals surface area contributed by atoms with Crippen molar-refractivity contribution in [1.82, 2.24) is 5.32 Å². The lowest BCUT2D eigenvalue weighted by molar-refractivity contribution is -0.143. The van der Waals surface area contributed by atoms with Gasteiger partial charge >= 0.3 is 5.97 Å². The highest BCUT2D eigenvalue weighted by molar-refractivity contribution is 5.76. The minimum Gasteiger partial charge on any atom is -0.466 e. The summed E-state index contributed by atoms with van der Waals surface area (Å²) in [4.78, 5) is 24.5. The summed E-state index contributed by atoms with van der Waals surface area (Å²) in [6.07, 6.45) is 68.2. The molecular formula is C61H119NO5. The Morgan fingerprint density at radius 1 is 0.403 bits per heavy atom. The first-order valence-electron chi connectivity index (χ1n) is 30.5. The molecule has 398 valence electrons. The SMILES string of the molecule is CCCCCCCCCCCC/C=C/C(O)C(CO)NC(=O)CCCCCCCCCCCCCCCCCCCCCCCCOC(=O)CCCCCCCCCCCCCCCCCC. The quantitative estimate of drug-likeness (QED) is 0.0321. The third kappa shape index (κ3) is 53.8. The minimum absolute atomic E-state index is 0.0166. The van der Waals surface area contributed by atoms with Crippen molar-refractivity contribution in [3.63, 3.8) is 0 Å². The van der Waals surface area contributed by atoms with E-state index in [1.54, 1.807) is 6.08 Å². The van der Waals surface area contributed by atoms with Crippen molar-refractivity contribution in [2.45, 2.75) is 353 Å². The molecule has 0 rings (SSSR count). The lowest BCUT2D eigenvalue weighted by Crippen LogP contribution is -2.45. The van der Waals surface area contributed by atoms with Crippen LogP contribution in [0.25, 0.3) is 0 Å². The lowest BCUT2D eigenvalue weighted by atomic mass is 10.0.